The molecule has 114 valence electrons. The van der Waals surface area contributed by atoms with Gasteiger partial charge in [0.25, 0.3) is 0 Å². The van der Waals surface area contributed by atoms with Gasteiger partial charge in [-0.2, -0.15) is 0 Å². The summed E-state index contributed by atoms with van der Waals surface area (Å²) in [4.78, 5) is 4.53. The molecular weight excluding hydrogens is 300 g/mol. The van der Waals surface area contributed by atoms with Crippen LogP contribution in [0, 0.1) is 6.92 Å². The third kappa shape index (κ3) is 3.24. The Labute approximate surface area is 133 Å². The number of anilines is 1. The molecule has 0 spiro atoms. The Bertz CT molecular complexity index is 768. The highest BCUT2D eigenvalue weighted by atomic mass is 35.5. The Morgan fingerprint density at radius 2 is 2.00 bits per heavy atom. The van der Waals surface area contributed by atoms with Crippen molar-refractivity contribution < 1.29 is 9.52 Å². The number of hydrogen-bond acceptors (Lipinski definition) is 4. The van der Waals surface area contributed by atoms with Crippen LogP contribution in [0.15, 0.2) is 46.9 Å². The lowest BCUT2D eigenvalue weighted by atomic mass is 10.1. The molecule has 0 radical (unpaired) electrons. The SMILES string of the molecule is Cc1ccc(-c2nc3cc(NCC(O)CCl)ccc3o2)cc1. The van der Waals surface area contributed by atoms with E-state index >= 15 is 0 Å². The first-order valence-corrected chi connectivity index (χ1v) is 7.64. The number of hydrogen-bond donors (Lipinski definition) is 2. The molecule has 0 aliphatic rings. The molecule has 0 aliphatic carbocycles. The summed E-state index contributed by atoms with van der Waals surface area (Å²) in [6.07, 6.45) is -0.571. The van der Waals surface area contributed by atoms with Gasteiger partial charge in [-0.25, -0.2) is 4.98 Å². The fourth-order valence-electron chi connectivity index (χ4n) is 2.15. The van der Waals surface area contributed by atoms with Crippen molar-refractivity contribution in [1.29, 1.82) is 0 Å². The van der Waals surface area contributed by atoms with Crippen molar-refractivity contribution in [2.45, 2.75) is 13.0 Å². The van der Waals surface area contributed by atoms with E-state index in [2.05, 4.69) is 10.3 Å². The predicted octanol–water partition coefficient (Wildman–Crippen LogP) is 3.81. The van der Waals surface area contributed by atoms with Crippen LogP contribution in [0.1, 0.15) is 5.56 Å². The zero-order valence-electron chi connectivity index (χ0n) is 12.2. The Hall–Kier alpha value is -2.04. The van der Waals surface area contributed by atoms with Crippen molar-refractivity contribution in [2.24, 2.45) is 0 Å². The number of rotatable bonds is 5. The molecule has 1 aromatic heterocycles. The molecule has 0 saturated heterocycles. The summed E-state index contributed by atoms with van der Waals surface area (Å²) < 4.78 is 5.79. The first kappa shape index (κ1) is 14.9. The Morgan fingerprint density at radius 3 is 2.73 bits per heavy atom. The summed E-state index contributed by atoms with van der Waals surface area (Å²) in [6, 6.07) is 13.7. The van der Waals surface area contributed by atoms with E-state index in [9.17, 15) is 5.11 Å². The van der Waals surface area contributed by atoms with E-state index in [0.717, 1.165) is 22.4 Å². The maximum atomic E-state index is 9.48. The molecule has 3 aromatic rings. The highest BCUT2D eigenvalue weighted by Gasteiger charge is 2.09. The molecule has 0 amide bonds. The third-order valence-corrected chi connectivity index (χ3v) is 3.76. The minimum absolute atomic E-state index is 0.205. The van der Waals surface area contributed by atoms with Crippen LogP contribution < -0.4 is 5.32 Å². The highest BCUT2D eigenvalue weighted by molar-refractivity contribution is 6.18. The van der Waals surface area contributed by atoms with Crippen LogP contribution in [0.2, 0.25) is 0 Å². The molecule has 5 heteroatoms. The van der Waals surface area contributed by atoms with E-state index in [4.69, 9.17) is 16.0 Å². The van der Waals surface area contributed by atoms with Gasteiger partial charge >= 0.3 is 0 Å². The zero-order chi connectivity index (χ0) is 15.5. The van der Waals surface area contributed by atoms with E-state index in [1.165, 1.54) is 5.56 Å². The van der Waals surface area contributed by atoms with Crippen molar-refractivity contribution in [3.8, 4) is 11.5 Å². The quantitative estimate of drug-likeness (QED) is 0.703. The number of fused-ring (bicyclic) bond motifs is 1. The molecule has 2 aromatic carbocycles. The van der Waals surface area contributed by atoms with E-state index in [-0.39, 0.29) is 5.88 Å². The van der Waals surface area contributed by atoms with Crippen molar-refractivity contribution in [1.82, 2.24) is 4.98 Å². The van der Waals surface area contributed by atoms with Gasteiger partial charge in [-0.15, -0.1) is 11.6 Å². The van der Waals surface area contributed by atoms with E-state index in [0.29, 0.717) is 12.4 Å². The topological polar surface area (TPSA) is 58.3 Å². The molecular formula is C17H17ClN2O2. The molecule has 22 heavy (non-hydrogen) atoms. The van der Waals surface area contributed by atoms with Gasteiger partial charge in [-0.05, 0) is 37.3 Å². The second kappa shape index (κ2) is 6.38. The van der Waals surface area contributed by atoms with Gasteiger partial charge in [-0.1, -0.05) is 17.7 Å². The third-order valence-electron chi connectivity index (χ3n) is 3.41. The molecule has 2 N–H and O–H groups in total. The predicted molar refractivity (Wildman–Crippen MR) is 89.4 cm³/mol. The van der Waals surface area contributed by atoms with Crippen LogP contribution in [-0.2, 0) is 0 Å². The maximum absolute atomic E-state index is 9.48. The fraction of sp³-hybridized carbons (Fsp3) is 0.235. The summed E-state index contributed by atoms with van der Waals surface area (Å²) in [5.74, 6) is 0.810. The Kier molecular flexibility index (Phi) is 4.32. The summed E-state index contributed by atoms with van der Waals surface area (Å²) >= 11 is 5.58. The van der Waals surface area contributed by atoms with Crippen molar-refractivity contribution in [3.63, 3.8) is 0 Å². The maximum Gasteiger partial charge on any atom is 0.227 e. The summed E-state index contributed by atoms with van der Waals surface area (Å²) in [5.41, 5.74) is 4.54. The van der Waals surface area contributed by atoms with Gasteiger partial charge in [0.05, 0.1) is 12.0 Å². The minimum atomic E-state index is -0.571. The number of oxazole rings is 1. The average Bonchev–Trinajstić information content (AvgIpc) is 2.96. The van der Waals surface area contributed by atoms with Gasteiger partial charge < -0.3 is 14.8 Å². The van der Waals surface area contributed by atoms with Crippen molar-refractivity contribution >= 4 is 28.4 Å². The van der Waals surface area contributed by atoms with Gasteiger partial charge in [-0.3, -0.25) is 0 Å². The van der Waals surface area contributed by atoms with E-state index in [1.807, 2.05) is 49.4 Å². The first-order chi connectivity index (χ1) is 10.7. The van der Waals surface area contributed by atoms with Crippen LogP contribution in [0.25, 0.3) is 22.6 Å². The molecule has 1 unspecified atom stereocenters. The van der Waals surface area contributed by atoms with Crippen molar-refractivity contribution in [3.05, 3.63) is 48.0 Å². The molecule has 4 nitrogen and oxygen atoms in total. The minimum Gasteiger partial charge on any atom is -0.436 e. The number of nitrogens with one attached hydrogen (secondary N) is 1. The lowest BCUT2D eigenvalue weighted by Crippen LogP contribution is -2.20. The second-order valence-corrected chi connectivity index (χ2v) is 5.57. The molecule has 3 rings (SSSR count). The Balaban J connectivity index is 1.85. The highest BCUT2D eigenvalue weighted by Crippen LogP contribution is 2.26. The molecule has 0 saturated carbocycles. The summed E-state index contributed by atoms with van der Waals surface area (Å²) in [5, 5.41) is 12.6. The van der Waals surface area contributed by atoms with Gasteiger partial charge in [0.15, 0.2) is 5.58 Å². The number of aliphatic hydroxyl groups is 1. The molecule has 1 heterocycles. The van der Waals surface area contributed by atoms with Crippen LogP contribution in [0.5, 0.6) is 0 Å². The van der Waals surface area contributed by atoms with Gasteiger partial charge in [0, 0.05) is 17.8 Å². The van der Waals surface area contributed by atoms with Crippen LogP contribution >= 0.6 is 11.6 Å². The van der Waals surface area contributed by atoms with E-state index < -0.39 is 6.10 Å². The largest absolute Gasteiger partial charge is 0.436 e. The van der Waals surface area contributed by atoms with Crippen LogP contribution in [0.3, 0.4) is 0 Å². The Morgan fingerprint density at radius 1 is 1.23 bits per heavy atom. The molecule has 0 fully saturated rings. The number of halogens is 1. The smallest absolute Gasteiger partial charge is 0.227 e. The van der Waals surface area contributed by atoms with E-state index in [1.54, 1.807) is 0 Å². The fourth-order valence-corrected chi connectivity index (χ4v) is 2.26. The summed E-state index contributed by atoms with van der Waals surface area (Å²) in [7, 11) is 0. The summed E-state index contributed by atoms with van der Waals surface area (Å²) in [6.45, 7) is 2.45. The normalized spacial score (nSPS) is 12.5. The number of aliphatic hydroxyl groups excluding tert-OH is 1. The number of aryl methyl sites for hydroxylation is 1. The van der Waals surface area contributed by atoms with Crippen LogP contribution in [0.4, 0.5) is 5.69 Å². The number of aromatic nitrogens is 1. The van der Waals surface area contributed by atoms with Crippen molar-refractivity contribution in [2.75, 3.05) is 17.7 Å². The number of benzene rings is 2. The second-order valence-electron chi connectivity index (χ2n) is 5.26. The molecule has 1 atom stereocenters. The molecule has 0 bridgehead atoms. The number of alkyl halides is 1. The lowest BCUT2D eigenvalue weighted by molar-refractivity contribution is 0.211. The lowest BCUT2D eigenvalue weighted by Gasteiger charge is -2.09. The van der Waals surface area contributed by atoms with Gasteiger partial charge in [0.1, 0.15) is 5.52 Å². The average molecular weight is 317 g/mol. The zero-order valence-corrected chi connectivity index (χ0v) is 13.0. The first-order valence-electron chi connectivity index (χ1n) is 7.11. The monoisotopic (exact) mass is 316 g/mol. The standard InChI is InChI=1S/C17H17ClN2O2/c1-11-2-4-12(5-3-11)17-20-15-8-13(6-7-16(15)22-17)19-10-14(21)9-18/h2-8,14,19,21H,9-10H2,1H3. The molecule has 0 aliphatic heterocycles. The number of nitrogens with zero attached hydrogens (tertiary/aromatic N) is 1. The van der Waals surface area contributed by atoms with Crippen LogP contribution in [-0.4, -0.2) is 28.6 Å². The van der Waals surface area contributed by atoms with Gasteiger partial charge in [0.2, 0.25) is 5.89 Å².